The Morgan fingerprint density at radius 2 is 1.22 bits per heavy atom. The summed E-state index contributed by atoms with van der Waals surface area (Å²) in [6, 6.07) is 10.1. The van der Waals surface area contributed by atoms with Crippen LogP contribution in [0.2, 0.25) is 0 Å². The summed E-state index contributed by atoms with van der Waals surface area (Å²) in [5, 5.41) is 12.4. The van der Waals surface area contributed by atoms with Gasteiger partial charge in [0.2, 0.25) is 0 Å². The zero-order chi connectivity index (χ0) is 27.4. The molecule has 0 aliphatic heterocycles. The zero-order valence-corrected chi connectivity index (χ0v) is 24.1. The molecule has 0 atom stereocenters. The van der Waals surface area contributed by atoms with Crippen LogP contribution in [0, 0.1) is 0 Å². The predicted molar refractivity (Wildman–Crippen MR) is 152 cm³/mol. The van der Waals surface area contributed by atoms with E-state index >= 15 is 0 Å². The summed E-state index contributed by atoms with van der Waals surface area (Å²) < 4.78 is 0. The molecule has 0 aromatic heterocycles. The molecule has 0 saturated carbocycles. The van der Waals surface area contributed by atoms with Gasteiger partial charge in [0.05, 0.1) is 0 Å². The topological polar surface area (TPSA) is 66.4 Å². The van der Waals surface area contributed by atoms with Gasteiger partial charge in [-0.2, -0.15) is 0 Å². The second-order valence-electron chi connectivity index (χ2n) is 14.0. The van der Waals surface area contributed by atoms with Crippen molar-refractivity contribution in [3.63, 3.8) is 0 Å². The van der Waals surface area contributed by atoms with Crippen LogP contribution in [0.4, 0.5) is 5.69 Å². The van der Waals surface area contributed by atoms with Crippen LogP contribution < -0.4 is 5.32 Å². The number of carbonyl (C=O) groups is 2. The van der Waals surface area contributed by atoms with Crippen molar-refractivity contribution in [3.8, 4) is 0 Å². The van der Waals surface area contributed by atoms with Crippen molar-refractivity contribution in [2.75, 3.05) is 5.32 Å². The molecule has 2 aromatic rings. The SMILES string of the molecule is CC1(C)CCC(C)(C)c2c1cc1c(c2NC(=O)c2ccc(CCCC(=O)O)cc2)C(C)(C)CCC1(C)C. The number of carboxylic acid groups (broad SMARTS) is 1. The Balaban J connectivity index is 1.81. The molecule has 37 heavy (non-hydrogen) atoms. The molecule has 0 saturated heterocycles. The lowest BCUT2D eigenvalue weighted by atomic mass is 9.56. The van der Waals surface area contributed by atoms with Crippen molar-refractivity contribution in [3.05, 3.63) is 63.7 Å². The number of fused-ring (bicyclic) bond motifs is 2. The maximum Gasteiger partial charge on any atom is 0.303 e. The summed E-state index contributed by atoms with van der Waals surface area (Å²) in [6.45, 7) is 18.7. The van der Waals surface area contributed by atoms with Crippen molar-refractivity contribution < 1.29 is 14.7 Å². The Hall–Kier alpha value is -2.62. The highest BCUT2D eigenvalue weighted by Crippen LogP contribution is 2.56. The molecule has 4 heteroatoms. The second kappa shape index (κ2) is 9.29. The first-order valence-corrected chi connectivity index (χ1v) is 13.9. The van der Waals surface area contributed by atoms with E-state index in [1.807, 2.05) is 24.3 Å². The fraction of sp³-hybridized carbons (Fsp3) is 0.576. The lowest BCUT2D eigenvalue weighted by Crippen LogP contribution is -2.41. The summed E-state index contributed by atoms with van der Waals surface area (Å²) in [6.07, 6.45) is 5.88. The Labute approximate surface area is 223 Å². The van der Waals surface area contributed by atoms with Crippen LogP contribution >= 0.6 is 0 Å². The van der Waals surface area contributed by atoms with Crippen LogP contribution in [-0.4, -0.2) is 17.0 Å². The van der Waals surface area contributed by atoms with Gasteiger partial charge < -0.3 is 10.4 Å². The van der Waals surface area contributed by atoms with Gasteiger partial charge in [0, 0.05) is 17.7 Å². The Morgan fingerprint density at radius 1 is 0.757 bits per heavy atom. The standard InChI is InChI=1S/C33H45NO3/c1-30(2)16-18-32(5,6)26-23(30)20-24-27(33(7,8)19-17-31(24,3)4)28(26)34-29(37)22-14-12-21(13-15-22)10-9-11-25(35)36/h12-15,20H,9-11,16-19H2,1-8H3,(H,34,37)(H,35,36). The van der Waals surface area contributed by atoms with Crippen molar-refractivity contribution in [2.24, 2.45) is 0 Å². The van der Waals surface area contributed by atoms with E-state index in [1.54, 1.807) is 0 Å². The number of amides is 1. The largest absolute Gasteiger partial charge is 0.481 e. The summed E-state index contributed by atoms with van der Waals surface area (Å²) in [5.74, 6) is -0.853. The van der Waals surface area contributed by atoms with Gasteiger partial charge in [-0.25, -0.2) is 0 Å². The van der Waals surface area contributed by atoms with E-state index < -0.39 is 5.97 Å². The van der Waals surface area contributed by atoms with E-state index in [0.29, 0.717) is 18.4 Å². The molecule has 0 heterocycles. The molecule has 0 bridgehead atoms. The molecule has 4 nitrogen and oxygen atoms in total. The third-order valence-electron chi connectivity index (χ3n) is 9.20. The van der Waals surface area contributed by atoms with Crippen molar-refractivity contribution in [1.82, 2.24) is 0 Å². The van der Waals surface area contributed by atoms with E-state index in [2.05, 4.69) is 66.8 Å². The first-order valence-electron chi connectivity index (χ1n) is 13.9. The first-order chi connectivity index (χ1) is 17.1. The number of hydrogen-bond acceptors (Lipinski definition) is 2. The highest BCUT2D eigenvalue weighted by Gasteiger charge is 2.46. The molecule has 0 fully saturated rings. The normalized spacial score (nSPS) is 20.4. The molecule has 0 radical (unpaired) electrons. The number of benzene rings is 2. The van der Waals surface area contributed by atoms with Gasteiger partial charge in [-0.15, -0.1) is 0 Å². The summed E-state index contributed by atoms with van der Waals surface area (Å²) in [5.41, 5.74) is 8.16. The van der Waals surface area contributed by atoms with Crippen LogP contribution in [-0.2, 0) is 32.9 Å². The minimum Gasteiger partial charge on any atom is -0.481 e. The van der Waals surface area contributed by atoms with Gasteiger partial charge in [-0.1, -0.05) is 73.6 Å². The molecular weight excluding hydrogens is 458 g/mol. The molecule has 0 spiro atoms. The minimum atomic E-state index is -0.775. The molecule has 2 N–H and O–H groups in total. The average molecular weight is 504 g/mol. The van der Waals surface area contributed by atoms with Gasteiger partial charge in [0.25, 0.3) is 5.91 Å². The summed E-state index contributed by atoms with van der Waals surface area (Å²) >= 11 is 0. The van der Waals surface area contributed by atoms with Gasteiger partial charge >= 0.3 is 5.97 Å². The van der Waals surface area contributed by atoms with E-state index in [-0.39, 0.29) is 34.0 Å². The van der Waals surface area contributed by atoms with E-state index in [1.165, 1.54) is 22.3 Å². The number of nitrogens with one attached hydrogen (secondary N) is 1. The number of rotatable bonds is 6. The highest BCUT2D eigenvalue weighted by atomic mass is 16.4. The van der Waals surface area contributed by atoms with Crippen molar-refractivity contribution in [1.29, 1.82) is 0 Å². The maximum absolute atomic E-state index is 13.8. The third-order valence-corrected chi connectivity index (χ3v) is 9.20. The highest BCUT2D eigenvalue weighted by molar-refractivity contribution is 6.05. The van der Waals surface area contributed by atoms with Gasteiger partial charge in [-0.3, -0.25) is 9.59 Å². The number of aryl methyl sites for hydroxylation is 1. The minimum absolute atomic E-state index is 0.0336. The number of anilines is 1. The fourth-order valence-electron chi connectivity index (χ4n) is 6.50. The van der Waals surface area contributed by atoms with Crippen LogP contribution in [0.5, 0.6) is 0 Å². The van der Waals surface area contributed by atoms with Crippen LogP contribution in [0.1, 0.15) is 132 Å². The Morgan fingerprint density at radius 3 is 1.68 bits per heavy atom. The predicted octanol–water partition coefficient (Wildman–Crippen LogP) is 8.04. The first kappa shape index (κ1) is 27.4. The van der Waals surface area contributed by atoms with E-state index in [0.717, 1.165) is 36.9 Å². The number of carbonyl (C=O) groups excluding carboxylic acids is 1. The fourth-order valence-corrected chi connectivity index (χ4v) is 6.50. The molecule has 1 amide bonds. The average Bonchev–Trinajstić information content (AvgIpc) is 2.79. The number of carboxylic acids is 1. The van der Waals surface area contributed by atoms with Crippen molar-refractivity contribution in [2.45, 2.75) is 122 Å². The third kappa shape index (κ3) is 5.22. The van der Waals surface area contributed by atoms with Crippen LogP contribution in [0.25, 0.3) is 0 Å². The van der Waals surface area contributed by atoms with Gasteiger partial charge in [0.15, 0.2) is 0 Å². The van der Waals surface area contributed by atoms with Crippen LogP contribution in [0.3, 0.4) is 0 Å². The van der Waals surface area contributed by atoms with E-state index in [9.17, 15) is 9.59 Å². The Kier molecular flexibility index (Phi) is 6.88. The van der Waals surface area contributed by atoms with Crippen LogP contribution in [0.15, 0.2) is 30.3 Å². The van der Waals surface area contributed by atoms with Crippen molar-refractivity contribution >= 4 is 17.6 Å². The van der Waals surface area contributed by atoms with E-state index in [4.69, 9.17) is 5.11 Å². The molecule has 2 aromatic carbocycles. The lowest BCUT2D eigenvalue weighted by Gasteiger charge is -2.49. The molecule has 200 valence electrons. The summed E-state index contributed by atoms with van der Waals surface area (Å²) in [7, 11) is 0. The smallest absolute Gasteiger partial charge is 0.303 e. The lowest BCUT2D eigenvalue weighted by molar-refractivity contribution is -0.137. The maximum atomic E-state index is 13.8. The molecular formula is C33H45NO3. The molecule has 4 rings (SSSR count). The number of hydrogen-bond donors (Lipinski definition) is 2. The zero-order valence-electron chi connectivity index (χ0n) is 24.1. The quantitative estimate of drug-likeness (QED) is 0.419. The summed E-state index contributed by atoms with van der Waals surface area (Å²) in [4.78, 5) is 24.6. The molecule has 2 aliphatic carbocycles. The second-order valence-corrected chi connectivity index (χ2v) is 14.0. The monoisotopic (exact) mass is 503 g/mol. The molecule has 2 aliphatic rings. The van der Waals surface area contributed by atoms with Gasteiger partial charge in [-0.05, 0) is 100 Å². The Bertz CT molecular complexity index is 1160. The molecule has 0 unspecified atom stereocenters. The number of aliphatic carboxylic acids is 1. The van der Waals surface area contributed by atoms with Gasteiger partial charge in [0.1, 0.15) is 0 Å².